The van der Waals surface area contributed by atoms with Crippen LogP contribution in [0.1, 0.15) is 31.3 Å². The zero-order valence-electron chi connectivity index (χ0n) is 11.9. The molecular formula is C14H24N4O. The average Bonchev–Trinajstić information content (AvgIpc) is 2.88. The SMILES string of the molecule is CCN(C[C@@H]1CCCO1)c1cc(CCN)nc(C)n1. The lowest BCUT2D eigenvalue weighted by Crippen LogP contribution is -2.33. The lowest BCUT2D eigenvalue weighted by atomic mass is 10.2. The first-order valence-electron chi connectivity index (χ1n) is 7.14. The van der Waals surface area contributed by atoms with Crippen LogP contribution in [0.3, 0.4) is 0 Å². The Bertz CT molecular complexity index is 404. The van der Waals surface area contributed by atoms with Crippen LogP contribution in [0.2, 0.25) is 0 Å². The molecule has 1 atom stereocenters. The van der Waals surface area contributed by atoms with Crippen molar-refractivity contribution < 1.29 is 4.74 Å². The van der Waals surface area contributed by atoms with Crippen molar-refractivity contribution in [2.45, 2.75) is 39.2 Å². The smallest absolute Gasteiger partial charge is 0.132 e. The van der Waals surface area contributed by atoms with Crippen LogP contribution in [0, 0.1) is 6.92 Å². The lowest BCUT2D eigenvalue weighted by molar-refractivity contribution is 0.115. The molecule has 2 heterocycles. The first-order valence-corrected chi connectivity index (χ1v) is 7.14. The van der Waals surface area contributed by atoms with Crippen molar-refractivity contribution in [3.8, 4) is 0 Å². The number of rotatable bonds is 6. The number of hydrogen-bond acceptors (Lipinski definition) is 5. The average molecular weight is 264 g/mol. The number of ether oxygens (including phenoxy) is 1. The zero-order valence-corrected chi connectivity index (χ0v) is 11.9. The first kappa shape index (κ1) is 14.2. The van der Waals surface area contributed by atoms with Crippen LogP contribution in [0.5, 0.6) is 0 Å². The Kier molecular flexibility index (Phi) is 5.10. The molecule has 1 aromatic rings. The third kappa shape index (κ3) is 3.88. The van der Waals surface area contributed by atoms with Crippen LogP contribution < -0.4 is 10.6 Å². The number of anilines is 1. The minimum atomic E-state index is 0.341. The summed E-state index contributed by atoms with van der Waals surface area (Å²) in [4.78, 5) is 11.2. The lowest BCUT2D eigenvalue weighted by Gasteiger charge is -2.25. The summed E-state index contributed by atoms with van der Waals surface area (Å²) in [6.07, 6.45) is 3.46. The molecule has 19 heavy (non-hydrogen) atoms. The van der Waals surface area contributed by atoms with Crippen LogP contribution in [0.4, 0.5) is 5.82 Å². The Hall–Kier alpha value is -1.20. The summed E-state index contributed by atoms with van der Waals surface area (Å²) in [6, 6.07) is 2.05. The van der Waals surface area contributed by atoms with Gasteiger partial charge in [-0.2, -0.15) is 0 Å². The highest BCUT2D eigenvalue weighted by atomic mass is 16.5. The molecule has 0 radical (unpaired) electrons. The normalized spacial score (nSPS) is 18.8. The van der Waals surface area contributed by atoms with Gasteiger partial charge in [-0.1, -0.05) is 0 Å². The van der Waals surface area contributed by atoms with E-state index in [9.17, 15) is 0 Å². The van der Waals surface area contributed by atoms with Gasteiger partial charge >= 0.3 is 0 Å². The molecule has 1 aromatic heterocycles. The van der Waals surface area contributed by atoms with Crippen molar-refractivity contribution in [3.05, 3.63) is 17.6 Å². The van der Waals surface area contributed by atoms with Crippen LogP contribution in [-0.4, -0.2) is 42.3 Å². The van der Waals surface area contributed by atoms with Crippen molar-refractivity contribution in [3.63, 3.8) is 0 Å². The molecule has 0 saturated carbocycles. The van der Waals surface area contributed by atoms with E-state index in [0.29, 0.717) is 12.6 Å². The zero-order chi connectivity index (χ0) is 13.7. The minimum Gasteiger partial charge on any atom is -0.376 e. The third-order valence-electron chi connectivity index (χ3n) is 3.43. The predicted octanol–water partition coefficient (Wildman–Crippen LogP) is 1.29. The van der Waals surface area contributed by atoms with Crippen molar-refractivity contribution >= 4 is 5.82 Å². The third-order valence-corrected chi connectivity index (χ3v) is 3.43. The molecule has 0 amide bonds. The van der Waals surface area contributed by atoms with Crippen LogP contribution in [-0.2, 0) is 11.2 Å². The molecular weight excluding hydrogens is 240 g/mol. The molecule has 106 valence electrons. The van der Waals surface area contributed by atoms with E-state index in [1.54, 1.807) is 0 Å². The van der Waals surface area contributed by atoms with Crippen molar-refractivity contribution in [1.82, 2.24) is 9.97 Å². The Morgan fingerprint density at radius 3 is 2.95 bits per heavy atom. The Morgan fingerprint density at radius 1 is 1.47 bits per heavy atom. The van der Waals surface area contributed by atoms with Gasteiger partial charge in [0, 0.05) is 37.9 Å². The van der Waals surface area contributed by atoms with Crippen molar-refractivity contribution in [2.75, 3.05) is 31.1 Å². The van der Waals surface area contributed by atoms with Crippen molar-refractivity contribution in [2.24, 2.45) is 5.73 Å². The van der Waals surface area contributed by atoms with Gasteiger partial charge in [-0.05, 0) is 33.2 Å². The summed E-state index contributed by atoms with van der Waals surface area (Å²) in [5.74, 6) is 1.81. The van der Waals surface area contributed by atoms with Gasteiger partial charge in [0.05, 0.1) is 6.10 Å². The molecule has 2 rings (SSSR count). The maximum Gasteiger partial charge on any atom is 0.132 e. The number of nitrogens with two attached hydrogens (primary N) is 1. The van der Waals surface area contributed by atoms with Gasteiger partial charge in [0.15, 0.2) is 0 Å². The van der Waals surface area contributed by atoms with Crippen LogP contribution >= 0.6 is 0 Å². The monoisotopic (exact) mass is 264 g/mol. The van der Waals surface area contributed by atoms with Gasteiger partial charge in [0.25, 0.3) is 0 Å². The molecule has 0 aromatic carbocycles. The molecule has 5 heteroatoms. The van der Waals surface area contributed by atoms with E-state index in [1.165, 1.54) is 6.42 Å². The summed E-state index contributed by atoms with van der Waals surface area (Å²) in [5, 5.41) is 0. The van der Waals surface area contributed by atoms with Gasteiger partial charge in [0.1, 0.15) is 11.6 Å². The van der Waals surface area contributed by atoms with Gasteiger partial charge < -0.3 is 15.4 Å². The Labute approximate surface area is 115 Å². The van der Waals surface area contributed by atoms with Crippen molar-refractivity contribution in [1.29, 1.82) is 0 Å². The fourth-order valence-electron chi connectivity index (χ4n) is 2.47. The van der Waals surface area contributed by atoms with E-state index in [4.69, 9.17) is 10.5 Å². The number of hydrogen-bond donors (Lipinski definition) is 1. The summed E-state index contributed by atoms with van der Waals surface area (Å²) >= 11 is 0. The summed E-state index contributed by atoms with van der Waals surface area (Å²) in [7, 11) is 0. The summed E-state index contributed by atoms with van der Waals surface area (Å²) < 4.78 is 5.71. The number of aromatic nitrogens is 2. The maximum absolute atomic E-state index is 5.71. The molecule has 1 saturated heterocycles. The molecule has 1 fully saturated rings. The second-order valence-electron chi connectivity index (χ2n) is 4.98. The van der Waals surface area contributed by atoms with E-state index >= 15 is 0 Å². The molecule has 0 bridgehead atoms. The molecule has 0 aliphatic carbocycles. The van der Waals surface area contributed by atoms with Gasteiger partial charge in [-0.25, -0.2) is 9.97 Å². The van der Waals surface area contributed by atoms with E-state index in [1.807, 2.05) is 6.92 Å². The van der Waals surface area contributed by atoms with E-state index in [0.717, 1.165) is 49.9 Å². The largest absolute Gasteiger partial charge is 0.376 e. The molecule has 0 unspecified atom stereocenters. The minimum absolute atomic E-state index is 0.341. The molecule has 1 aliphatic heterocycles. The first-order chi connectivity index (χ1) is 9.22. The van der Waals surface area contributed by atoms with Crippen LogP contribution in [0.15, 0.2) is 6.07 Å². The number of nitrogens with zero attached hydrogens (tertiary/aromatic N) is 3. The van der Waals surface area contributed by atoms with E-state index in [2.05, 4.69) is 27.9 Å². The quantitative estimate of drug-likeness (QED) is 0.839. The fraction of sp³-hybridized carbons (Fsp3) is 0.714. The van der Waals surface area contributed by atoms with Gasteiger partial charge in [0.2, 0.25) is 0 Å². The second kappa shape index (κ2) is 6.82. The molecule has 5 nitrogen and oxygen atoms in total. The Balaban J connectivity index is 2.11. The highest BCUT2D eigenvalue weighted by molar-refractivity contribution is 5.40. The fourth-order valence-corrected chi connectivity index (χ4v) is 2.47. The van der Waals surface area contributed by atoms with Crippen LogP contribution in [0.25, 0.3) is 0 Å². The Morgan fingerprint density at radius 2 is 2.32 bits per heavy atom. The number of aryl methyl sites for hydroxylation is 1. The highest BCUT2D eigenvalue weighted by Crippen LogP contribution is 2.18. The van der Waals surface area contributed by atoms with Gasteiger partial charge in [-0.15, -0.1) is 0 Å². The summed E-state index contributed by atoms with van der Waals surface area (Å²) in [6.45, 7) is 7.43. The summed E-state index contributed by atoms with van der Waals surface area (Å²) in [5.41, 5.74) is 6.63. The van der Waals surface area contributed by atoms with Gasteiger partial charge in [-0.3, -0.25) is 0 Å². The number of likely N-dealkylation sites (N-methyl/N-ethyl adjacent to an activating group) is 1. The van der Waals surface area contributed by atoms with E-state index in [-0.39, 0.29) is 0 Å². The molecule has 2 N–H and O–H groups in total. The molecule has 1 aliphatic rings. The highest BCUT2D eigenvalue weighted by Gasteiger charge is 2.19. The molecule has 0 spiro atoms. The topological polar surface area (TPSA) is 64.3 Å². The second-order valence-corrected chi connectivity index (χ2v) is 4.98. The maximum atomic E-state index is 5.71. The standard InChI is InChI=1S/C14H24N4O/c1-3-18(10-13-5-4-8-19-13)14-9-12(6-7-15)16-11(2)17-14/h9,13H,3-8,10,15H2,1-2H3/t13-/m0/s1. The predicted molar refractivity (Wildman–Crippen MR) is 76.4 cm³/mol. The van der Waals surface area contributed by atoms with E-state index < -0.39 is 0 Å².